The zero-order chi connectivity index (χ0) is 15.8. The maximum atomic E-state index is 11.8. The first-order valence-electron chi connectivity index (χ1n) is 5.74. The Bertz CT molecular complexity index is 575. The number of carbonyl (C=O) groups is 3. The molecule has 1 aromatic rings. The second-order valence-corrected chi connectivity index (χ2v) is 3.64. The molecule has 112 valence electrons. The molecule has 0 saturated heterocycles. The molecule has 0 aromatic heterocycles. The van der Waals surface area contributed by atoms with Crippen LogP contribution in [0.2, 0.25) is 0 Å². The zero-order valence-electron chi connectivity index (χ0n) is 11.7. The van der Waals surface area contributed by atoms with Gasteiger partial charge in [-0.1, -0.05) is 12.1 Å². The second-order valence-electron chi connectivity index (χ2n) is 3.64. The van der Waals surface area contributed by atoms with Crippen LogP contribution in [0.4, 0.5) is 0 Å². The zero-order valence-corrected chi connectivity index (χ0v) is 11.7. The summed E-state index contributed by atoms with van der Waals surface area (Å²) in [6.07, 6.45) is 1.50. The number of benzene rings is 1. The monoisotopic (exact) mass is 294 g/mol. The van der Waals surface area contributed by atoms with E-state index in [0.29, 0.717) is 6.29 Å². The second kappa shape index (κ2) is 7.68. The third-order valence-electron chi connectivity index (χ3n) is 2.41. The van der Waals surface area contributed by atoms with E-state index in [4.69, 9.17) is 9.47 Å². The van der Waals surface area contributed by atoms with Gasteiger partial charge in [-0.2, -0.15) is 0 Å². The number of hydrogen-bond donors (Lipinski definition) is 0. The van der Waals surface area contributed by atoms with Gasteiger partial charge in [0, 0.05) is 5.56 Å². The fourth-order valence-electron chi connectivity index (χ4n) is 1.49. The maximum Gasteiger partial charge on any atom is 0.377 e. The Morgan fingerprint density at radius 3 is 2.33 bits per heavy atom. The third kappa shape index (κ3) is 3.82. The Labute approximate surface area is 121 Å². The molecule has 0 unspecified atom stereocenters. The predicted octanol–water partition coefficient (Wildman–Crippen LogP) is 1.33. The summed E-state index contributed by atoms with van der Waals surface area (Å²) in [5, 5.41) is 0. The summed E-state index contributed by atoms with van der Waals surface area (Å²) in [7, 11) is 3.65. The average molecular weight is 294 g/mol. The summed E-state index contributed by atoms with van der Waals surface area (Å²) in [5.41, 5.74) is -0.0260. The Balaban J connectivity index is 3.29. The standard InChI is InChI=1S/C14H14O7/c1-18-8-11(13(16)19-2)21-10-6-4-5-9(7-15)12(10)14(17)20-3/h4-8H,1-3H3/b11-8+. The molecular weight excluding hydrogens is 280 g/mol. The largest absolute Gasteiger partial charge is 0.500 e. The lowest BCUT2D eigenvalue weighted by atomic mass is 10.1. The first kappa shape index (κ1) is 16.2. The van der Waals surface area contributed by atoms with Crippen molar-refractivity contribution in [2.24, 2.45) is 0 Å². The van der Waals surface area contributed by atoms with Crippen molar-refractivity contribution >= 4 is 18.2 Å². The van der Waals surface area contributed by atoms with Crippen molar-refractivity contribution in [2.75, 3.05) is 21.3 Å². The van der Waals surface area contributed by atoms with Gasteiger partial charge in [0.15, 0.2) is 6.29 Å². The normalized spacial score (nSPS) is 10.5. The number of aldehydes is 1. The van der Waals surface area contributed by atoms with E-state index in [9.17, 15) is 14.4 Å². The number of esters is 2. The highest BCUT2D eigenvalue weighted by atomic mass is 16.6. The molecule has 7 nitrogen and oxygen atoms in total. The van der Waals surface area contributed by atoms with E-state index >= 15 is 0 Å². The minimum atomic E-state index is -0.802. The molecule has 0 saturated carbocycles. The highest BCUT2D eigenvalue weighted by Gasteiger charge is 2.21. The summed E-state index contributed by atoms with van der Waals surface area (Å²) >= 11 is 0. The average Bonchev–Trinajstić information content (AvgIpc) is 2.52. The summed E-state index contributed by atoms with van der Waals surface area (Å²) in [5.74, 6) is -1.88. The lowest BCUT2D eigenvalue weighted by molar-refractivity contribution is -0.138. The molecule has 7 heteroatoms. The van der Waals surface area contributed by atoms with Crippen molar-refractivity contribution in [1.29, 1.82) is 0 Å². The van der Waals surface area contributed by atoms with Gasteiger partial charge in [0.25, 0.3) is 0 Å². The molecule has 21 heavy (non-hydrogen) atoms. The fraction of sp³-hybridized carbons (Fsp3) is 0.214. The van der Waals surface area contributed by atoms with Crippen molar-refractivity contribution in [3.63, 3.8) is 0 Å². The first-order chi connectivity index (χ1) is 10.1. The molecule has 0 atom stereocenters. The summed E-state index contributed by atoms with van der Waals surface area (Å²) < 4.78 is 19.1. The van der Waals surface area contributed by atoms with Crippen molar-refractivity contribution in [3.8, 4) is 5.75 Å². The Kier molecular flexibility index (Phi) is 5.94. The van der Waals surface area contributed by atoms with Crippen LogP contribution in [0.15, 0.2) is 30.2 Å². The quantitative estimate of drug-likeness (QED) is 0.338. The van der Waals surface area contributed by atoms with E-state index in [1.807, 2.05) is 0 Å². The van der Waals surface area contributed by atoms with E-state index in [0.717, 1.165) is 13.4 Å². The molecule has 0 heterocycles. The minimum Gasteiger partial charge on any atom is -0.500 e. The minimum absolute atomic E-state index is 0.0276. The van der Waals surface area contributed by atoms with Crippen molar-refractivity contribution in [2.45, 2.75) is 0 Å². The molecule has 0 aliphatic rings. The molecular formula is C14H14O7. The van der Waals surface area contributed by atoms with E-state index in [2.05, 4.69) is 9.47 Å². The Morgan fingerprint density at radius 1 is 1.10 bits per heavy atom. The number of ether oxygens (including phenoxy) is 4. The van der Waals surface area contributed by atoms with Crippen LogP contribution in [0.1, 0.15) is 20.7 Å². The molecule has 0 amide bonds. The number of carbonyl (C=O) groups excluding carboxylic acids is 3. The molecule has 0 bridgehead atoms. The summed E-state index contributed by atoms with van der Waals surface area (Å²) in [6.45, 7) is 0. The SMILES string of the molecule is CO/C=C(/Oc1cccc(C=O)c1C(=O)OC)C(=O)OC. The van der Waals surface area contributed by atoms with Gasteiger partial charge < -0.3 is 18.9 Å². The molecule has 0 aliphatic heterocycles. The van der Waals surface area contributed by atoms with Gasteiger partial charge in [-0.25, -0.2) is 9.59 Å². The smallest absolute Gasteiger partial charge is 0.377 e. The van der Waals surface area contributed by atoms with Gasteiger partial charge in [-0.15, -0.1) is 0 Å². The molecule has 0 fully saturated rings. The Hall–Kier alpha value is -2.83. The van der Waals surface area contributed by atoms with Crippen LogP contribution < -0.4 is 4.74 Å². The van der Waals surface area contributed by atoms with Gasteiger partial charge in [0.2, 0.25) is 5.76 Å². The summed E-state index contributed by atoms with van der Waals surface area (Å²) in [4.78, 5) is 34.3. The number of hydrogen-bond acceptors (Lipinski definition) is 7. The van der Waals surface area contributed by atoms with E-state index in [1.54, 1.807) is 0 Å². The maximum absolute atomic E-state index is 11.8. The van der Waals surface area contributed by atoms with Gasteiger partial charge >= 0.3 is 11.9 Å². The lowest BCUT2D eigenvalue weighted by Gasteiger charge is -2.12. The number of rotatable bonds is 6. The molecule has 0 spiro atoms. The lowest BCUT2D eigenvalue weighted by Crippen LogP contribution is -2.14. The summed E-state index contributed by atoms with van der Waals surface area (Å²) in [6, 6.07) is 4.32. The highest BCUT2D eigenvalue weighted by Crippen LogP contribution is 2.24. The van der Waals surface area contributed by atoms with Crippen LogP contribution in [0.5, 0.6) is 5.75 Å². The van der Waals surface area contributed by atoms with Crippen LogP contribution in [-0.4, -0.2) is 39.6 Å². The van der Waals surface area contributed by atoms with Crippen LogP contribution in [0.25, 0.3) is 0 Å². The van der Waals surface area contributed by atoms with E-state index in [1.165, 1.54) is 32.4 Å². The van der Waals surface area contributed by atoms with Crippen molar-refractivity contribution < 1.29 is 33.3 Å². The molecule has 0 radical (unpaired) electrons. The van der Waals surface area contributed by atoms with Crippen LogP contribution in [0.3, 0.4) is 0 Å². The van der Waals surface area contributed by atoms with Crippen molar-refractivity contribution in [3.05, 3.63) is 41.3 Å². The highest BCUT2D eigenvalue weighted by molar-refractivity contribution is 6.01. The molecule has 1 rings (SSSR count). The predicted molar refractivity (Wildman–Crippen MR) is 70.9 cm³/mol. The van der Waals surface area contributed by atoms with Crippen molar-refractivity contribution in [1.82, 2.24) is 0 Å². The third-order valence-corrected chi connectivity index (χ3v) is 2.41. The van der Waals surface area contributed by atoms with Crippen LogP contribution in [0, 0.1) is 0 Å². The first-order valence-corrected chi connectivity index (χ1v) is 5.74. The molecule has 0 N–H and O–H groups in total. The van der Waals surface area contributed by atoms with Crippen LogP contribution in [-0.2, 0) is 19.0 Å². The Morgan fingerprint density at radius 2 is 1.81 bits per heavy atom. The van der Waals surface area contributed by atoms with Crippen LogP contribution >= 0.6 is 0 Å². The van der Waals surface area contributed by atoms with Gasteiger partial charge in [-0.05, 0) is 6.07 Å². The molecule has 0 aliphatic carbocycles. The molecule has 1 aromatic carbocycles. The van der Waals surface area contributed by atoms with E-state index < -0.39 is 11.9 Å². The fourth-order valence-corrected chi connectivity index (χ4v) is 1.49. The van der Waals surface area contributed by atoms with E-state index in [-0.39, 0.29) is 22.6 Å². The van der Waals surface area contributed by atoms with Gasteiger partial charge in [0.1, 0.15) is 17.6 Å². The van der Waals surface area contributed by atoms with Gasteiger partial charge in [-0.3, -0.25) is 4.79 Å². The number of methoxy groups -OCH3 is 3. The van der Waals surface area contributed by atoms with Gasteiger partial charge in [0.05, 0.1) is 21.3 Å². The topological polar surface area (TPSA) is 88.1 Å².